The standard InChI is InChI=1S/C14H17NO5/c1-19-14(18)3-2-8-15-13(17)10-20-12-6-4-11(9-16)5-7-12/h4-7,9H,2-3,8,10H2,1H3,(H,15,17). The van der Waals surface area contributed by atoms with E-state index in [1.54, 1.807) is 24.3 Å². The Kier molecular flexibility index (Phi) is 6.81. The summed E-state index contributed by atoms with van der Waals surface area (Å²) >= 11 is 0. The molecule has 0 aliphatic carbocycles. The topological polar surface area (TPSA) is 81.7 Å². The van der Waals surface area contributed by atoms with E-state index in [9.17, 15) is 14.4 Å². The summed E-state index contributed by atoms with van der Waals surface area (Å²) in [4.78, 5) is 32.7. The molecule has 0 heterocycles. The molecule has 0 aliphatic rings. The first kappa shape index (κ1) is 15.7. The van der Waals surface area contributed by atoms with E-state index in [1.807, 2.05) is 0 Å². The molecule has 6 nitrogen and oxygen atoms in total. The van der Waals surface area contributed by atoms with Crippen LogP contribution in [0.4, 0.5) is 0 Å². The summed E-state index contributed by atoms with van der Waals surface area (Å²) in [6.07, 6.45) is 1.52. The van der Waals surface area contributed by atoms with Crippen LogP contribution in [0.1, 0.15) is 23.2 Å². The van der Waals surface area contributed by atoms with Gasteiger partial charge in [-0.3, -0.25) is 14.4 Å². The number of aldehydes is 1. The minimum atomic E-state index is -0.300. The zero-order valence-corrected chi connectivity index (χ0v) is 11.3. The van der Waals surface area contributed by atoms with Gasteiger partial charge in [-0.25, -0.2) is 0 Å². The second kappa shape index (κ2) is 8.68. The zero-order valence-electron chi connectivity index (χ0n) is 11.3. The molecule has 6 heteroatoms. The third-order valence-corrected chi connectivity index (χ3v) is 2.49. The average molecular weight is 279 g/mol. The van der Waals surface area contributed by atoms with Gasteiger partial charge in [-0.05, 0) is 30.7 Å². The largest absolute Gasteiger partial charge is 0.484 e. The Labute approximate surface area is 117 Å². The molecule has 1 aromatic rings. The first-order valence-electron chi connectivity index (χ1n) is 6.17. The van der Waals surface area contributed by atoms with E-state index in [4.69, 9.17) is 4.74 Å². The van der Waals surface area contributed by atoms with Crippen LogP contribution in [0.3, 0.4) is 0 Å². The fraction of sp³-hybridized carbons (Fsp3) is 0.357. The van der Waals surface area contributed by atoms with Gasteiger partial charge >= 0.3 is 5.97 Å². The second-order valence-electron chi connectivity index (χ2n) is 4.01. The Morgan fingerprint density at radius 1 is 1.25 bits per heavy atom. The molecule has 0 spiro atoms. The third-order valence-electron chi connectivity index (χ3n) is 2.49. The number of benzene rings is 1. The van der Waals surface area contributed by atoms with Crippen molar-refractivity contribution in [3.8, 4) is 5.75 Å². The highest BCUT2D eigenvalue weighted by molar-refractivity contribution is 5.78. The SMILES string of the molecule is COC(=O)CCCNC(=O)COc1ccc(C=O)cc1. The van der Waals surface area contributed by atoms with Gasteiger partial charge in [-0.15, -0.1) is 0 Å². The fourth-order valence-corrected chi connectivity index (χ4v) is 1.41. The molecule has 0 fully saturated rings. The van der Waals surface area contributed by atoms with Crippen molar-refractivity contribution in [3.63, 3.8) is 0 Å². The van der Waals surface area contributed by atoms with E-state index in [0.29, 0.717) is 24.3 Å². The van der Waals surface area contributed by atoms with E-state index in [1.165, 1.54) is 7.11 Å². The predicted molar refractivity (Wildman–Crippen MR) is 71.6 cm³/mol. The molecule has 1 rings (SSSR count). The van der Waals surface area contributed by atoms with Gasteiger partial charge in [0.1, 0.15) is 12.0 Å². The van der Waals surface area contributed by atoms with Crippen molar-refractivity contribution in [2.24, 2.45) is 0 Å². The number of carbonyl (C=O) groups is 3. The van der Waals surface area contributed by atoms with E-state index >= 15 is 0 Å². The summed E-state index contributed by atoms with van der Waals surface area (Å²) in [6.45, 7) is 0.278. The first-order valence-corrected chi connectivity index (χ1v) is 6.17. The highest BCUT2D eigenvalue weighted by Crippen LogP contribution is 2.10. The van der Waals surface area contributed by atoms with Gasteiger partial charge in [-0.1, -0.05) is 0 Å². The van der Waals surface area contributed by atoms with E-state index < -0.39 is 0 Å². The smallest absolute Gasteiger partial charge is 0.305 e. The Balaban J connectivity index is 2.19. The maximum absolute atomic E-state index is 11.4. The monoisotopic (exact) mass is 279 g/mol. The highest BCUT2D eigenvalue weighted by atomic mass is 16.5. The van der Waals surface area contributed by atoms with Crippen LogP contribution < -0.4 is 10.1 Å². The number of rotatable bonds is 8. The lowest BCUT2D eigenvalue weighted by atomic mass is 10.2. The summed E-state index contributed by atoms with van der Waals surface area (Å²) in [6, 6.07) is 6.45. The number of ether oxygens (including phenoxy) is 2. The normalized spacial score (nSPS) is 9.65. The fourth-order valence-electron chi connectivity index (χ4n) is 1.41. The summed E-state index contributed by atoms with van der Waals surface area (Å²) in [5, 5.41) is 2.63. The van der Waals surface area contributed by atoms with Crippen LogP contribution >= 0.6 is 0 Å². The molecule has 0 saturated carbocycles. The maximum Gasteiger partial charge on any atom is 0.305 e. The number of esters is 1. The Morgan fingerprint density at radius 3 is 2.55 bits per heavy atom. The molecule has 0 bridgehead atoms. The second-order valence-corrected chi connectivity index (χ2v) is 4.01. The molecule has 0 saturated heterocycles. The molecule has 0 unspecified atom stereocenters. The number of hydrogen-bond donors (Lipinski definition) is 1. The van der Waals surface area contributed by atoms with Crippen molar-refractivity contribution >= 4 is 18.2 Å². The lowest BCUT2D eigenvalue weighted by Gasteiger charge is -2.07. The van der Waals surface area contributed by atoms with Gasteiger partial charge in [-0.2, -0.15) is 0 Å². The van der Waals surface area contributed by atoms with Crippen LogP contribution in [-0.4, -0.2) is 38.4 Å². The molecule has 1 N–H and O–H groups in total. The third kappa shape index (κ3) is 5.99. The van der Waals surface area contributed by atoms with E-state index in [-0.39, 0.29) is 24.9 Å². The lowest BCUT2D eigenvalue weighted by molar-refractivity contribution is -0.140. The van der Waals surface area contributed by atoms with Crippen LogP contribution in [0.5, 0.6) is 5.75 Å². The molecule has 1 aromatic carbocycles. The van der Waals surface area contributed by atoms with Crippen LogP contribution in [0, 0.1) is 0 Å². The van der Waals surface area contributed by atoms with Gasteiger partial charge in [0.25, 0.3) is 5.91 Å². The Morgan fingerprint density at radius 2 is 1.95 bits per heavy atom. The van der Waals surface area contributed by atoms with E-state index in [2.05, 4.69) is 10.1 Å². The minimum absolute atomic E-state index is 0.112. The maximum atomic E-state index is 11.4. The molecular weight excluding hydrogens is 262 g/mol. The summed E-state index contributed by atoms with van der Waals surface area (Å²) < 4.78 is 9.73. The van der Waals surface area contributed by atoms with Crippen molar-refractivity contribution in [2.45, 2.75) is 12.8 Å². The molecule has 0 radical (unpaired) electrons. The zero-order chi connectivity index (χ0) is 14.8. The van der Waals surface area contributed by atoms with Crippen molar-refractivity contribution in [3.05, 3.63) is 29.8 Å². The number of nitrogens with one attached hydrogen (secondary N) is 1. The van der Waals surface area contributed by atoms with Crippen molar-refractivity contribution in [1.82, 2.24) is 5.32 Å². The molecule has 20 heavy (non-hydrogen) atoms. The molecule has 0 atom stereocenters. The van der Waals surface area contributed by atoms with Crippen LogP contribution in [0.25, 0.3) is 0 Å². The van der Waals surface area contributed by atoms with Gasteiger partial charge < -0.3 is 14.8 Å². The average Bonchev–Trinajstić information content (AvgIpc) is 2.49. The van der Waals surface area contributed by atoms with Crippen LogP contribution in [0.2, 0.25) is 0 Å². The molecule has 0 aromatic heterocycles. The summed E-state index contributed by atoms with van der Waals surface area (Å²) in [5.41, 5.74) is 0.546. The predicted octanol–water partition coefficient (Wildman–Crippen LogP) is 0.947. The van der Waals surface area contributed by atoms with Crippen LogP contribution in [0.15, 0.2) is 24.3 Å². The van der Waals surface area contributed by atoms with Crippen molar-refractivity contribution < 1.29 is 23.9 Å². The van der Waals surface area contributed by atoms with E-state index in [0.717, 1.165) is 6.29 Å². The summed E-state index contributed by atoms with van der Waals surface area (Å²) in [7, 11) is 1.32. The van der Waals surface area contributed by atoms with Crippen molar-refractivity contribution in [2.75, 3.05) is 20.3 Å². The molecule has 0 aliphatic heterocycles. The van der Waals surface area contributed by atoms with Gasteiger partial charge in [0.2, 0.25) is 0 Å². The Bertz CT molecular complexity index is 455. The van der Waals surface area contributed by atoms with Gasteiger partial charge in [0.05, 0.1) is 7.11 Å². The number of hydrogen-bond acceptors (Lipinski definition) is 5. The Hall–Kier alpha value is -2.37. The van der Waals surface area contributed by atoms with Gasteiger partial charge in [0, 0.05) is 18.5 Å². The number of methoxy groups -OCH3 is 1. The molecule has 1 amide bonds. The van der Waals surface area contributed by atoms with Gasteiger partial charge in [0.15, 0.2) is 6.61 Å². The molecular formula is C14H17NO5. The number of amides is 1. The highest BCUT2D eigenvalue weighted by Gasteiger charge is 2.04. The molecule has 108 valence electrons. The number of carbonyl (C=O) groups excluding carboxylic acids is 3. The van der Waals surface area contributed by atoms with Crippen molar-refractivity contribution in [1.29, 1.82) is 0 Å². The quantitative estimate of drug-likeness (QED) is 0.435. The summed E-state index contributed by atoms with van der Waals surface area (Å²) in [5.74, 6) is -0.0552. The van der Waals surface area contributed by atoms with Crippen LogP contribution in [-0.2, 0) is 14.3 Å². The minimum Gasteiger partial charge on any atom is -0.484 e. The lowest BCUT2D eigenvalue weighted by Crippen LogP contribution is -2.30. The first-order chi connectivity index (χ1) is 9.65.